The molecule has 5 aromatic rings. The van der Waals surface area contributed by atoms with Crippen LogP contribution in [0.2, 0.25) is 0 Å². The van der Waals surface area contributed by atoms with Crippen molar-refractivity contribution in [1.82, 2.24) is 9.97 Å². The number of thiophene rings is 1. The van der Waals surface area contributed by atoms with Gasteiger partial charge in [-0.1, -0.05) is 18.2 Å². The molecule has 0 amide bonds. The lowest BCUT2D eigenvalue weighted by Crippen LogP contribution is -2.09. The minimum atomic E-state index is 0.110. The number of anilines is 1. The molecule has 5 heteroatoms. The molecule has 0 aliphatic rings. The van der Waals surface area contributed by atoms with E-state index in [4.69, 9.17) is 4.42 Å². The number of nitrogens with one attached hydrogen (secondary N) is 1. The van der Waals surface area contributed by atoms with E-state index in [0.29, 0.717) is 0 Å². The molecule has 0 saturated carbocycles. The predicted octanol–water partition coefficient (Wildman–Crippen LogP) is 7.41. The summed E-state index contributed by atoms with van der Waals surface area (Å²) in [4.78, 5) is 9.30. The first-order chi connectivity index (χ1) is 15.1. The van der Waals surface area contributed by atoms with E-state index in [2.05, 4.69) is 76.3 Å². The van der Waals surface area contributed by atoms with Crippen molar-refractivity contribution < 1.29 is 4.42 Å². The number of furan rings is 1. The standard InChI is InChI=1S/C26H23N3OS/c1-16-14-30-25-8-7-21(12-23(16)25)24-13-26(29-18(3)28-24)27-17(2)19-5-4-6-20(11-19)22-9-10-31-15-22/h4-15,17H,1-3H3,(H,27,28,29). The number of fused-ring (bicyclic) bond motifs is 1. The molecule has 4 nitrogen and oxygen atoms in total. The summed E-state index contributed by atoms with van der Waals surface area (Å²) in [6.45, 7) is 6.14. The van der Waals surface area contributed by atoms with Gasteiger partial charge in [0.2, 0.25) is 0 Å². The maximum Gasteiger partial charge on any atom is 0.134 e. The Morgan fingerprint density at radius 2 is 1.84 bits per heavy atom. The summed E-state index contributed by atoms with van der Waals surface area (Å²) >= 11 is 1.72. The largest absolute Gasteiger partial charge is 0.464 e. The van der Waals surface area contributed by atoms with Gasteiger partial charge in [0.05, 0.1) is 12.0 Å². The lowest BCUT2D eigenvalue weighted by Gasteiger charge is -2.17. The Bertz CT molecular complexity index is 1350. The molecule has 0 aliphatic heterocycles. The number of nitrogens with zero attached hydrogens (tertiary/aromatic N) is 2. The number of hydrogen-bond acceptors (Lipinski definition) is 5. The van der Waals surface area contributed by atoms with Crippen molar-refractivity contribution in [3.05, 3.63) is 88.6 Å². The zero-order valence-corrected chi connectivity index (χ0v) is 18.5. The zero-order chi connectivity index (χ0) is 21.4. The smallest absolute Gasteiger partial charge is 0.134 e. The third-order valence-corrected chi connectivity index (χ3v) is 6.19. The summed E-state index contributed by atoms with van der Waals surface area (Å²) < 4.78 is 5.58. The average molecular weight is 426 g/mol. The molecule has 5 rings (SSSR count). The molecule has 31 heavy (non-hydrogen) atoms. The lowest BCUT2D eigenvalue weighted by molar-refractivity contribution is 0.613. The molecule has 3 heterocycles. The zero-order valence-electron chi connectivity index (χ0n) is 17.7. The van der Waals surface area contributed by atoms with Gasteiger partial charge in [0, 0.05) is 23.1 Å². The van der Waals surface area contributed by atoms with Crippen molar-refractivity contribution in [1.29, 1.82) is 0 Å². The molecule has 1 N–H and O–H groups in total. The molecule has 2 aromatic carbocycles. The molecule has 3 aromatic heterocycles. The second-order valence-corrected chi connectivity index (χ2v) is 8.60. The summed E-state index contributed by atoms with van der Waals surface area (Å²) in [7, 11) is 0. The van der Waals surface area contributed by atoms with E-state index in [9.17, 15) is 0 Å². The fourth-order valence-corrected chi connectivity index (χ4v) is 4.49. The van der Waals surface area contributed by atoms with Crippen LogP contribution in [0.1, 0.15) is 29.9 Å². The summed E-state index contributed by atoms with van der Waals surface area (Å²) in [6, 6.07) is 19.1. The monoisotopic (exact) mass is 425 g/mol. The number of hydrogen-bond donors (Lipinski definition) is 1. The molecule has 154 valence electrons. The van der Waals surface area contributed by atoms with E-state index in [1.807, 2.05) is 25.1 Å². The number of benzene rings is 2. The van der Waals surface area contributed by atoms with Crippen LogP contribution in [0.5, 0.6) is 0 Å². The molecule has 0 bridgehead atoms. The van der Waals surface area contributed by atoms with Crippen molar-refractivity contribution >= 4 is 28.1 Å². The number of aryl methyl sites for hydroxylation is 2. The van der Waals surface area contributed by atoms with Crippen molar-refractivity contribution in [2.45, 2.75) is 26.8 Å². The summed E-state index contributed by atoms with van der Waals surface area (Å²) in [5.74, 6) is 1.56. The van der Waals surface area contributed by atoms with E-state index >= 15 is 0 Å². The summed E-state index contributed by atoms with van der Waals surface area (Å²) in [5, 5.41) is 8.96. The third kappa shape index (κ3) is 3.97. The van der Waals surface area contributed by atoms with Gasteiger partial charge in [-0.25, -0.2) is 9.97 Å². The number of aromatic nitrogens is 2. The topological polar surface area (TPSA) is 51.0 Å². The molecular formula is C26H23N3OS. The maximum absolute atomic E-state index is 5.58. The maximum atomic E-state index is 5.58. The van der Waals surface area contributed by atoms with Gasteiger partial charge >= 0.3 is 0 Å². The third-order valence-electron chi connectivity index (χ3n) is 5.51. The van der Waals surface area contributed by atoms with Gasteiger partial charge in [0.1, 0.15) is 17.2 Å². The minimum absolute atomic E-state index is 0.110. The van der Waals surface area contributed by atoms with E-state index in [1.54, 1.807) is 17.6 Å². The van der Waals surface area contributed by atoms with E-state index in [1.165, 1.54) is 16.7 Å². The van der Waals surface area contributed by atoms with E-state index in [0.717, 1.165) is 39.4 Å². The van der Waals surface area contributed by atoms with Gasteiger partial charge in [-0.05, 0) is 84.1 Å². The highest BCUT2D eigenvalue weighted by Crippen LogP contribution is 2.29. The van der Waals surface area contributed by atoms with Crippen LogP contribution in [0.15, 0.2) is 76.0 Å². The molecular weight excluding hydrogens is 402 g/mol. The highest BCUT2D eigenvalue weighted by atomic mass is 32.1. The van der Waals surface area contributed by atoms with Crippen LogP contribution in [0.25, 0.3) is 33.4 Å². The first kappa shape index (κ1) is 19.5. The van der Waals surface area contributed by atoms with Gasteiger partial charge in [-0.3, -0.25) is 0 Å². The second kappa shape index (κ2) is 8.00. The molecule has 0 saturated heterocycles. The van der Waals surface area contributed by atoms with Crippen LogP contribution in [-0.4, -0.2) is 9.97 Å². The Balaban J connectivity index is 1.44. The molecule has 0 spiro atoms. The van der Waals surface area contributed by atoms with E-state index < -0.39 is 0 Å². The van der Waals surface area contributed by atoms with Gasteiger partial charge in [0.15, 0.2) is 0 Å². The Labute approximate surface area is 185 Å². The first-order valence-corrected chi connectivity index (χ1v) is 11.2. The summed E-state index contributed by atoms with van der Waals surface area (Å²) in [6.07, 6.45) is 1.79. The van der Waals surface area contributed by atoms with Crippen molar-refractivity contribution in [3.63, 3.8) is 0 Å². The quantitative estimate of drug-likeness (QED) is 0.318. The Hall–Kier alpha value is -3.44. The van der Waals surface area contributed by atoms with Crippen LogP contribution < -0.4 is 5.32 Å². The van der Waals surface area contributed by atoms with Gasteiger partial charge in [-0.15, -0.1) is 0 Å². The Kier molecular flexibility index (Phi) is 5.04. The fraction of sp³-hybridized carbons (Fsp3) is 0.154. The highest BCUT2D eigenvalue weighted by Gasteiger charge is 2.12. The Morgan fingerprint density at radius 1 is 0.935 bits per heavy atom. The second-order valence-electron chi connectivity index (χ2n) is 7.82. The first-order valence-electron chi connectivity index (χ1n) is 10.3. The summed E-state index contributed by atoms with van der Waals surface area (Å²) in [5.41, 5.74) is 7.68. The van der Waals surface area contributed by atoms with Crippen LogP contribution >= 0.6 is 11.3 Å². The van der Waals surface area contributed by atoms with Crippen LogP contribution in [0.4, 0.5) is 5.82 Å². The molecule has 1 unspecified atom stereocenters. The average Bonchev–Trinajstić information content (AvgIpc) is 3.44. The van der Waals surface area contributed by atoms with Crippen LogP contribution in [0.3, 0.4) is 0 Å². The number of rotatable bonds is 5. The molecule has 0 radical (unpaired) electrons. The predicted molar refractivity (Wildman–Crippen MR) is 129 cm³/mol. The Morgan fingerprint density at radius 3 is 2.68 bits per heavy atom. The normalized spacial score (nSPS) is 12.2. The van der Waals surface area contributed by atoms with Crippen molar-refractivity contribution in [3.8, 4) is 22.4 Å². The lowest BCUT2D eigenvalue weighted by atomic mass is 10.0. The molecule has 0 fully saturated rings. The minimum Gasteiger partial charge on any atom is -0.464 e. The van der Waals surface area contributed by atoms with E-state index in [-0.39, 0.29) is 6.04 Å². The molecule has 1 atom stereocenters. The van der Waals surface area contributed by atoms with Gasteiger partial charge in [-0.2, -0.15) is 11.3 Å². The fourth-order valence-electron chi connectivity index (χ4n) is 3.83. The highest BCUT2D eigenvalue weighted by molar-refractivity contribution is 7.08. The SMILES string of the molecule is Cc1nc(NC(C)c2cccc(-c3ccsc3)c2)cc(-c2ccc3occ(C)c3c2)n1. The molecule has 0 aliphatic carbocycles. The van der Waals surface area contributed by atoms with Gasteiger partial charge in [0.25, 0.3) is 0 Å². The van der Waals surface area contributed by atoms with Crippen molar-refractivity contribution in [2.24, 2.45) is 0 Å². The van der Waals surface area contributed by atoms with Crippen molar-refractivity contribution in [2.75, 3.05) is 5.32 Å². The van der Waals surface area contributed by atoms with Crippen LogP contribution in [-0.2, 0) is 0 Å². The van der Waals surface area contributed by atoms with Gasteiger partial charge < -0.3 is 9.73 Å². The van der Waals surface area contributed by atoms with Crippen LogP contribution in [0, 0.1) is 13.8 Å².